The standard InChI is InChI=1S/C28H32N2O2S/c1-17-9-8-11-20(15-17)29-26(32)24-22-14-13-19(28(3,4)5)16-23(22)33-27(24)30-25(31)21-12-7-6-10-18(21)2/h6-12,15,19H,13-14,16H2,1-5H3,(H,29,32)(H,30,31). The predicted molar refractivity (Wildman–Crippen MR) is 138 cm³/mol. The van der Waals surface area contributed by atoms with Gasteiger partial charge in [0, 0.05) is 16.1 Å². The van der Waals surface area contributed by atoms with Crippen molar-refractivity contribution in [3.8, 4) is 0 Å². The van der Waals surface area contributed by atoms with E-state index in [1.807, 2.05) is 62.4 Å². The molecule has 3 aromatic rings. The van der Waals surface area contributed by atoms with Gasteiger partial charge in [0.05, 0.1) is 5.56 Å². The summed E-state index contributed by atoms with van der Waals surface area (Å²) in [5.41, 5.74) is 5.30. The quantitative estimate of drug-likeness (QED) is 0.439. The Morgan fingerprint density at radius 1 is 0.970 bits per heavy atom. The second-order valence-corrected chi connectivity index (χ2v) is 11.2. The number of amides is 2. The van der Waals surface area contributed by atoms with Gasteiger partial charge in [0.15, 0.2) is 0 Å². The number of thiophene rings is 1. The first-order valence-corrected chi connectivity index (χ1v) is 12.3. The number of hydrogen-bond donors (Lipinski definition) is 2. The summed E-state index contributed by atoms with van der Waals surface area (Å²) in [5, 5.41) is 6.78. The van der Waals surface area contributed by atoms with Crippen molar-refractivity contribution < 1.29 is 9.59 Å². The van der Waals surface area contributed by atoms with Crippen LogP contribution in [0.5, 0.6) is 0 Å². The number of carbonyl (C=O) groups excluding carboxylic acids is 2. The summed E-state index contributed by atoms with van der Waals surface area (Å²) in [6.45, 7) is 10.8. The van der Waals surface area contributed by atoms with Crippen LogP contribution in [-0.2, 0) is 12.8 Å². The highest BCUT2D eigenvalue weighted by Gasteiger charge is 2.34. The molecular weight excluding hydrogens is 428 g/mol. The van der Waals surface area contributed by atoms with Crippen LogP contribution in [0.25, 0.3) is 0 Å². The van der Waals surface area contributed by atoms with Gasteiger partial charge >= 0.3 is 0 Å². The van der Waals surface area contributed by atoms with Gasteiger partial charge in [0.1, 0.15) is 5.00 Å². The molecule has 1 unspecified atom stereocenters. The van der Waals surface area contributed by atoms with Crippen LogP contribution in [0.1, 0.15) is 69.5 Å². The average Bonchev–Trinajstić information content (AvgIpc) is 3.10. The van der Waals surface area contributed by atoms with E-state index < -0.39 is 0 Å². The molecule has 0 bridgehead atoms. The maximum atomic E-state index is 13.5. The lowest BCUT2D eigenvalue weighted by atomic mass is 9.72. The summed E-state index contributed by atoms with van der Waals surface area (Å²) in [5.74, 6) is 0.215. The van der Waals surface area contributed by atoms with Gasteiger partial charge in [0.25, 0.3) is 11.8 Å². The van der Waals surface area contributed by atoms with Gasteiger partial charge in [-0.15, -0.1) is 11.3 Å². The number of aryl methyl sites for hydroxylation is 2. The normalized spacial score (nSPS) is 15.6. The number of anilines is 2. The molecule has 2 N–H and O–H groups in total. The third-order valence-corrected chi connectivity index (χ3v) is 7.78. The monoisotopic (exact) mass is 460 g/mol. The smallest absolute Gasteiger partial charge is 0.258 e. The van der Waals surface area contributed by atoms with Crippen molar-refractivity contribution in [3.05, 3.63) is 81.2 Å². The zero-order valence-corrected chi connectivity index (χ0v) is 20.9. The second kappa shape index (κ2) is 9.14. The zero-order chi connectivity index (χ0) is 23.8. The highest BCUT2D eigenvalue weighted by atomic mass is 32.1. The highest BCUT2D eigenvalue weighted by Crippen LogP contribution is 2.44. The van der Waals surface area contributed by atoms with Gasteiger partial charge in [-0.3, -0.25) is 9.59 Å². The maximum absolute atomic E-state index is 13.5. The number of benzene rings is 2. The molecule has 0 saturated carbocycles. The van der Waals surface area contributed by atoms with Crippen molar-refractivity contribution in [1.82, 2.24) is 0 Å². The van der Waals surface area contributed by atoms with E-state index in [4.69, 9.17) is 0 Å². The van der Waals surface area contributed by atoms with E-state index in [0.717, 1.165) is 41.6 Å². The van der Waals surface area contributed by atoms with Crippen LogP contribution in [0.3, 0.4) is 0 Å². The Morgan fingerprint density at radius 3 is 2.42 bits per heavy atom. The van der Waals surface area contributed by atoms with Gasteiger partial charge in [-0.25, -0.2) is 0 Å². The van der Waals surface area contributed by atoms with Crippen LogP contribution in [0.2, 0.25) is 0 Å². The van der Waals surface area contributed by atoms with Gasteiger partial charge in [-0.1, -0.05) is 51.1 Å². The summed E-state index contributed by atoms with van der Waals surface area (Å²) in [6.07, 6.45) is 2.84. The predicted octanol–water partition coefficient (Wildman–Crippen LogP) is 7.02. The molecule has 2 aromatic carbocycles. The molecule has 1 aliphatic rings. The number of hydrogen-bond acceptors (Lipinski definition) is 3. The van der Waals surface area contributed by atoms with Crippen LogP contribution < -0.4 is 10.6 Å². The fraction of sp³-hybridized carbons (Fsp3) is 0.357. The lowest BCUT2D eigenvalue weighted by Gasteiger charge is -2.33. The number of carbonyl (C=O) groups is 2. The number of rotatable bonds is 4. The molecule has 172 valence electrons. The van der Waals surface area contributed by atoms with Crippen LogP contribution in [0.15, 0.2) is 48.5 Å². The van der Waals surface area contributed by atoms with E-state index in [2.05, 4.69) is 31.4 Å². The molecule has 4 nitrogen and oxygen atoms in total. The number of fused-ring (bicyclic) bond motifs is 1. The van der Waals surface area contributed by atoms with Crippen LogP contribution in [0.4, 0.5) is 10.7 Å². The maximum Gasteiger partial charge on any atom is 0.258 e. The van der Waals surface area contributed by atoms with E-state index in [1.54, 1.807) is 11.3 Å². The molecule has 33 heavy (non-hydrogen) atoms. The van der Waals surface area contributed by atoms with Gasteiger partial charge in [0.2, 0.25) is 0 Å². The molecule has 5 heteroatoms. The lowest BCUT2D eigenvalue weighted by Crippen LogP contribution is -2.27. The molecular formula is C28H32N2O2S. The van der Waals surface area contributed by atoms with Crippen LogP contribution >= 0.6 is 11.3 Å². The summed E-state index contributed by atoms with van der Waals surface area (Å²) in [7, 11) is 0. The first-order chi connectivity index (χ1) is 15.6. The molecule has 0 fully saturated rings. The molecule has 0 aliphatic heterocycles. The molecule has 1 aliphatic carbocycles. The van der Waals surface area contributed by atoms with Crippen molar-refractivity contribution in [1.29, 1.82) is 0 Å². The zero-order valence-electron chi connectivity index (χ0n) is 20.0. The van der Waals surface area contributed by atoms with Crippen molar-refractivity contribution in [3.63, 3.8) is 0 Å². The number of nitrogens with one attached hydrogen (secondary N) is 2. The van der Waals surface area contributed by atoms with Crippen LogP contribution in [0, 0.1) is 25.2 Å². The molecule has 0 radical (unpaired) electrons. The van der Waals surface area contributed by atoms with Gasteiger partial charge in [-0.2, -0.15) is 0 Å². The van der Waals surface area contributed by atoms with Crippen molar-refractivity contribution in [2.45, 2.75) is 53.9 Å². The fourth-order valence-electron chi connectivity index (χ4n) is 4.57. The molecule has 1 atom stereocenters. The molecule has 0 spiro atoms. The second-order valence-electron chi connectivity index (χ2n) is 10.1. The van der Waals surface area contributed by atoms with E-state index in [-0.39, 0.29) is 17.2 Å². The van der Waals surface area contributed by atoms with Crippen molar-refractivity contribution in [2.75, 3.05) is 10.6 Å². The Labute approximate surface area is 200 Å². The summed E-state index contributed by atoms with van der Waals surface area (Å²) >= 11 is 1.56. The minimum absolute atomic E-state index is 0.160. The Hall–Kier alpha value is -2.92. The van der Waals surface area contributed by atoms with Crippen molar-refractivity contribution in [2.24, 2.45) is 11.3 Å². The van der Waals surface area contributed by atoms with Crippen LogP contribution in [-0.4, -0.2) is 11.8 Å². The summed E-state index contributed by atoms with van der Waals surface area (Å²) in [4.78, 5) is 27.8. The third-order valence-electron chi connectivity index (χ3n) is 6.61. The molecule has 0 saturated heterocycles. The summed E-state index contributed by atoms with van der Waals surface area (Å²) < 4.78 is 0. The lowest BCUT2D eigenvalue weighted by molar-refractivity contribution is 0.102. The third kappa shape index (κ3) is 5.03. The van der Waals surface area contributed by atoms with E-state index in [0.29, 0.717) is 22.0 Å². The first-order valence-electron chi connectivity index (χ1n) is 11.5. The average molecular weight is 461 g/mol. The van der Waals surface area contributed by atoms with Crippen molar-refractivity contribution >= 4 is 33.8 Å². The Morgan fingerprint density at radius 2 is 1.73 bits per heavy atom. The fourth-order valence-corrected chi connectivity index (χ4v) is 5.89. The molecule has 1 aromatic heterocycles. The topological polar surface area (TPSA) is 58.2 Å². The Balaban J connectivity index is 1.70. The van der Waals surface area contributed by atoms with E-state index in [1.165, 1.54) is 4.88 Å². The van der Waals surface area contributed by atoms with E-state index >= 15 is 0 Å². The minimum Gasteiger partial charge on any atom is -0.322 e. The molecule has 4 rings (SSSR count). The Kier molecular flexibility index (Phi) is 6.44. The Bertz CT molecular complexity index is 1200. The minimum atomic E-state index is -0.177. The SMILES string of the molecule is Cc1cccc(NC(=O)c2c(NC(=O)c3ccccc3C)sc3c2CCC(C(C)(C)C)C3)c1. The highest BCUT2D eigenvalue weighted by molar-refractivity contribution is 7.17. The first kappa shape index (κ1) is 23.2. The molecule has 2 amide bonds. The summed E-state index contributed by atoms with van der Waals surface area (Å²) in [6, 6.07) is 15.3. The largest absolute Gasteiger partial charge is 0.322 e. The molecule has 1 heterocycles. The van der Waals surface area contributed by atoms with E-state index in [9.17, 15) is 9.59 Å². The van der Waals surface area contributed by atoms with Gasteiger partial charge < -0.3 is 10.6 Å². The van der Waals surface area contributed by atoms with Gasteiger partial charge in [-0.05, 0) is 79.3 Å².